The first-order valence-electron chi connectivity index (χ1n) is 9.88. The summed E-state index contributed by atoms with van der Waals surface area (Å²) in [6.07, 6.45) is 1.38. The lowest BCUT2D eigenvalue weighted by Gasteiger charge is -2.22. The molecule has 0 radical (unpaired) electrons. The third-order valence-electron chi connectivity index (χ3n) is 5.53. The van der Waals surface area contributed by atoms with Crippen molar-refractivity contribution in [3.63, 3.8) is 0 Å². The van der Waals surface area contributed by atoms with Gasteiger partial charge < -0.3 is 15.5 Å². The van der Waals surface area contributed by atoms with E-state index in [1.54, 1.807) is 60.4 Å². The first-order chi connectivity index (χ1) is 14.8. The van der Waals surface area contributed by atoms with Gasteiger partial charge in [-0.15, -0.1) is 0 Å². The molecule has 2 heterocycles. The molecule has 4 rings (SSSR count). The molecule has 0 saturated carbocycles. The fourth-order valence-corrected chi connectivity index (χ4v) is 4.07. The van der Waals surface area contributed by atoms with Crippen LogP contribution < -0.4 is 15.5 Å². The number of benzene rings is 2. The van der Waals surface area contributed by atoms with Crippen molar-refractivity contribution < 1.29 is 19.2 Å². The lowest BCUT2D eigenvalue weighted by molar-refractivity contribution is -0.133. The molecular formula is C22H21BrN4O4. The maximum atomic E-state index is 12.9. The van der Waals surface area contributed by atoms with Crippen LogP contribution in [0.25, 0.3) is 0 Å². The zero-order valence-corrected chi connectivity index (χ0v) is 18.4. The summed E-state index contributed by atoms with van der Waals surface area (Å²) < 4.78 is 0.855. The number of carbonyl (C=O) groups excluding carboxylic acids is 4. The summed E-state index contributed by atoms with van der Waals surface area (Å²) in [4.78, 5) is 52.3. The number of imide groups is 1. The van der Waals surface area contributed by atoms with Crippen molar-refractivity contribution in [1.29, 1.82) is 0 Å². The Balaban J connectivity index is 1.41. The van der Waals surface area contributed by atoms with Gasteiger partial charge in [-0.25, -0.2) is 4.79 Å². The minimum atomic E-state index is -1.23. The Hall–Kier alpha value is -3.20. The van der Waals surface area contributed by atoms with Crippen LogP contribution in [-0.4, -0.2) is 41.7 Å². The second-order valence-corrected chi connectivity index (χ2v) is 8.61. The summed E-state index contributed by atoms with van der Waals surface area (Å²) in [7, 11) is 0. The molecule has 2 aromatic rings. The Morgan fingerprint density at radius 2 is 1.77 bits per heavy atom. The van der Waals surface area contributed by atoms with Crippen LogP contribution in [-0.2, 0) is 19.9 Å². The number of nitrogens with zero attached hydrogens (tertiary/aromatic N) is 2. The lowest BCUT2D eigenvalue weighted by Crippen LogP contribution is -2.42. The predicted octanol–water partition coefficient (Wildman–Crippen LogP) is 2.98. The number of hydrogen-bond acceptors (Lipinski definition) is 4. The van der Waals surface area contributed by atoms with Gasteiger partial charge in [-0.3, -0.25) is 19.3 Å². The first-order valence-corrected chi connectivity index (χ1v) is 10.7. The van der Waals surface area contributed by atoms with Crippen molar-refractivity contribution in [2.24, 2.45) is 0 Å². The average Bonchev–Trinajstić information content (AvgIpc) is 3.26. The van der Waals surface area contributed by atoms with Crippen LogP contribution in [0.1, 0.15) is 25.3 Å². The summed E-state index contributed by atoms with van der Waals surface area (Å²) in [5, 5.41) is 5.37. The highest BCUT2D eigenvalue weighted by Gasteiger charge is 2.49. The van der Waals surface area contributed by atoms with Crippen molar-refractivity contribution in [2.45, 2.75) is 25.3 Å². The molecule has 2 saturated heterocycles. The molecule has 160 valence electrons. The van der Waals surface area contributed by atoms with E-state index in [1.807, 2.05) is 0 Å². The second kappa shape index (κ2) is 8.14. The van der Waals surface area contributed by atoms with E-state index in [0.29, 0.717) is 24.2 Å². The SMILES string of the molecule is C[C@]1(c2ccc(Br)cc2)NC(=O)N(CC(=O)Nc2ccc(N3CCCC3=O)cc2)C1=O. The molecule has 0 aromatic heterocycles. The van der Waals surface area contributed by atoms with Crippen molar-refractivity contribution >= 4 is 51.1 Å². The maximum absolute atomic E-state index is 12.9. The molecule has 0 bridgehead atoms. The maximum Gasteiger partial charge on any atom is 0.325 e. The molecule has 2 aliphatic heterocycles. The molecule has 31 heavy (non-hydrogen) atoms. The number of amides is 5. The van der Waals surface area contributed by atoms with Crippen LogP contribution in [0.4, 0.5) is 16.2 Å². The Labute approximate surface area is 187 Å². The van der Waals surface area contributed by atoms with E-state index in [2.05, 4.69) is 26.6 Å². The van der Waals surface area contributed by atoms with E-state index >= 15 is 0 Å². The highest BCUT2D eigenvalue weighted by atomic mass is 79.9. The Kier molecular flexibility index (Phi) is 5.53. The Bertz CT molecular complexity index is 1050. The highest BCUT2D eigenvalue weighted by molar-refractivity contribution is 9.10. The number of hydrogen-bond donors (Lipinski definition) is 2. The van der Waals surface area contributed by atoms with E-state index in [9.17, 15) is 19.2 Å². The largest absolute Gasteiger partial charge is 0.325 e. The Morgan fingerprint density at radius 1 is 1.10 bits per heavy atom. The van der Waals surface area contributed by atoms with E-state index in [0.717, 1.165) is 21.5 Å². The molecule has 0 aliphatic carbocycles. The van der Waals surface area contributed by atoms with E-state index in [1.165, 1.54) is 0 Å². The smallest absolute Gasteiger partial charge is 0.325 e. The molecule has 8 nitrogen and oxygen atoms in total. The zero-order valence-electron chi connectivity index (χ0n) is 16.9. The first kappa shape index (κ1) is 21.0. The normalized spacial score (nSPS) is 20.9. The second-order valence-electron chi connectivity index (χ2n) is 7.70. The van der Waals surface area contributed by atoms with E-state index in [4.69, 9.17) is 0 Å². The Morgan fingerprint density at radius 3 is 2.39 bits per heavy atom. The summed E-state index contributed by atoms with van der Waals surface area (Å²) in [5.41, 5.74) is 0.689. The van der Waals surface area contributed by atoms with Crippen LogP contribution in [0.15, 0.2) is 53.0 Å². The summed E-state index contributed by atoms with van der Waals surface area (Å²) in [6.45, 7) is 1.91. The molecular weight excluding hydrogens is 464 g/mol. The molecule has 1 atom stereocenters. The van der Waals surface area contributed by atoms with Crippen LogP contribution >= 0.6 is 15.9 Å². The number of carbonyl (C=O) groups is 4. The third-order valence-corrected chi connectivity index (χ3v) is 6.06. The number of urea groups is 1. The van der Waals surface area contributed by atoms with Crippen molar-refractivity contribution in [3.05, 3.63) is 58.6 Å². The molecule has 5 amide bonds. The van der Waals surface area contributed by atoms with Crippen LogP contribution in [0.2, 0.25) is 0 Å². The van der Waals surface area contributed by atoms with Gasteiger partial charge in [0.25, 0.3) is 5.91 Å². The van der Waals surface area contributed by atoms with Gasteiger partial charge in [0.15, 0.2) is 0 Å². The van der Waals surface area contributed by atoms with Gasteiger partial charge in [-0.2, -0.15) is 0 Å². The summed E-state index contributed by atoms with van der Waals surface area (Å²) in [5.74, 6) is -0.893. The number of rotatable bonds is 5. The summed E-state index contributed by atoms with van der Waals surface area (Å²) in [6, 6.07) is 13.4. The molecule has 2 aromatic carbocycles. The average molecular weight is 485 g/mol. The molecule has 9 heteroatoms. The molecule has 2 fully saturated rings. The third kappa shape index (κ3) is 4.05. The van der Waals surface area contributed by atoms with Gasteiger partial charge in [0.05, 0.1) is 0 Å². The zero-order chi connectivity index (χ0) is 22.2. The number of nitrogens with one attached hydrogen (secondary N) is 2. The molecule has 2 N–H and O–H groups in total. The fraction of sp³-hybridized carbons (Fsp3) is 0.273. The lowest BCUT2D eigenvalue weighted by atomic mass is 9.92. The number of anilines is 2. The van der Waals surface area contributed by atoms with Gasteiger partial charge in [-0.05, 0) is 55.3 Å². The minimum Gasteiger partial charge on any atom is -0.325 e. The van der Waals surface area contributed by atoms with Gasteiger partial charge in [0.2, 0.25) is 11.8 Å². The van der Waals surface area contributed by atoms with E-state index < -0.39 is 29.9 Å². The van der Waals surface area contributed by atoms with Crippen LogP contribution in [0.5, 0.6) is 0 Å². The number of halogens is 1. The monoisotopic (exact) mass is 484 g/mol. The van der Waals surface area contributed by atoms with Gasteiger partial charge >= 0.3 is 6.03 Å². The van der Waals surface area contributed by atoms with Crippen LogP contribution in [0, 0.1) is 0 Å². The van der Waals surface area contributed by atoms with Gasteiger partial charge in [0, 0.05) is 28.8 Å². The molecule has 2 aliphatic rings. The van der Waals surface area contributed by atoms with Gasteiger partial charge in [0.1, 0.15) is 12.1 Å². The van der Waals surface area contributed by atoms with Crippen LogP contribution in [0.3, 0.4) is 0 Å². The standard InChI is InChI=1S/C22H21BrN4O4/c1-22(14-4-6-15(23)7-5-14)20(30)27(21(31)25-22)13-18(28)24-16-8-10-17(11-9-16)26-12-2-3-19(26)29/h4-11H,2-3,12-13H2,1H3,(H,24,28)(H,25,31)/t22-/m1/s1. The van der Waals surface area contributed by atoms with Crippen molar-refractivity contribution in [3.8, 4) is 0 Å². The quantitative estimate of drug-likeness (QED) is 0.637. The summed E-state index contributed by atoms with van der Waals surface area (Å²) >= 11 is 3.35. The minimum absolute atomic E-state index is 0.0872. The van der Waals surface area contributed by atoms with Gasteiger partial charge in [-0.1, -0.05) is 28.1 Å². The van der Waals surface area contributed by atoms with Crippen molar-refractivity contribution in [2.75, 3.05) is 23.3 Å². The van der Waals surface area contributed by atoms with E-state index in [-0.39, 0.29) is 5.91 Å². The highest BCUT2D eigenvalue weighted by Crippen LogP contribution is 2.30. The topological polar surface area (TPSA) is 98.8 Å². The predicted molar refractivity (Wildman–Crippen MR) is 118 cm³/mol. The molecule has 0 unspecified atom stereocenters. The fourth-order valence-electron chi connectivity index (χ4n) is 3.81. The van der Waals surface area contributed by atoms with Crippen molar-refractivity contribution in [1.82, 2.24) is 10.2 Å². The molecule has 0 spiro atoms.